The maximum absolute atomic E-state index is 7.13. The zero-order valence-corrected chi connectivity index (χ0v) is 11.3. The van der Waals surface area contributed by atoms with Gasteiger partial charge in [0.1, 0.15) is 0 Å². The van der Waals surface area contributed by atoms with Crippen molar-refractivity contribution in [1.29, 1.82) is 0 Å². The first-order chi connectivity index (χ1) is 7.86. The Morgan fingerprint density at radius 1 is 0.875 bits per heavy atom. The van der Waals surface area contributed by atoms with Gasteiger partial charge in [0.2, 0.25) is 7.14 Å². The van der Waals surface area contributed by atoms with E-state index in [1.807, 2.05) is 0 Å². The van der Waals surface area contributed by atoms with Crippen LogP contribution in [0.2, 0.25) is 0 Å². The molecule has 0 unspecified atom stereocenters. The molecular formula is C13H8INS. The number of hydrogen-bond acceptors (Lipinski definition) is 1. The molecule has 0 spiro atoms. The lowest BCUT2D eigenvalue weighted by atomic mass is 10.1. The van der Waals surface area contributed by atoms with Crippen molar-refractivity contribution in [2.24, 2.45) is 0 Å². The third-order valence-corrected chi connectivity index (χ3v) is 5.29. The van der Waals surface area contributed by atoms with Gasteiger partial charge in [-0.2, -0.15) is 5.16 Å². The van der Waals surface area contributed by atoms with Crippen LogP contribution in [0, 0.1) is 7.14 Å². The van der Waals surface area contributed by atoms with Gasteiger partial charge in [-0.15, -0.1) is 0 Å². The minimum Gasteiger partial charge on any atom is -0.753 e. The summed E-state index contributed by atoms with van der Waals surface area (Å²) >= 11 is 3.80. The van der Waals surface area contributed by atoms with E-state index < -0.39 is 0 Å². The number of halogens is 1. The molecule has 2 aromatic rings. The molecule has 0 fully saturated rings. The minimum absolute atomic E-state index is 0.103. The molecule has 0 saturated heterocycles. The van der Waals surface area contributed by atoms with E-state index in [0.29, 0.717) is 0 Å². The zero-order valence-electron chi connectivity index (χ0n) is 8.35. The molecular weight excluding hydrogens is 329 g/mol. The highest BCUT2D eigenvalue weighted by Crippen LogP contribution is 2.21. The predicted molar refractivity (Wildman–Crippen MR) is 65.2 cm³/mol. The van der Waals surface area contributed by atoms with Gasteiger partial charge in [0.05, 0.1) is 0 Å². The number of thiocarbonyl (C=S) groups is 1. The second kappa shape index (κ2) is 5.34. The fourth-order valence-electron chi connectivity index (χ4n) is 1.63. The van der Waals surface area contributed by atoms with E-state index in [1.165, 1.54) is 16.3 Å². The van der Waals surface area contributed by atoms with Gasteiger partial charge in [0, 0.05) is 11.1 Å². The molecule has 0 saturated carbocycles. The van der Waals surface area contributed by atoms with Crippen molar-refractivity contribution < 1.29 is 21.2 Å². The summed E-state index contributed by atoms with van der Waals surface area (Å²) in [6, 6.07) is 17.6. The maximum Gasteiger partial charge on any atom is 0.359 e. The van der Waals surface area contributed by atoms with E-state index in [9.17, 15) is 0 Å². The maximum atomic E-state index is 7.13. The summed E-state index contributed by atoms with van der Waals surface area (Å²) in [5, 5.41) is 8.47. The number of fused-ring (bicyclic) bond motifs is 3. The summed E-state index contributed by atoms with van der Waals surface area (Å²) in [7, 11) is 0. The van der Waals surface area contributed by atoms with Crippen LogP contribution >= 0.6 is 12.2 Å². The molecule has 0 N–H and O–H groups in total. The largest absolute Gasteiger partial charge is 0.753 e. The highest BCUT2D eigenvalue weighted by Gasteiger charge is 2.31. The summed E-state index contributed by atoms with van der Waals surface area (Å²) < 4.78 is 3.14. The molecule has 16 heavy (non-hydrogen) atoms. The van der Waals surface area contributed by atoms with Crippen LogP contribution < -0.4 is 21.2 Å². The molecule has 0 aliphatic carbocycles. The Balaban J connectivity index is 0.000000292. The summed E-state index contributed by atoms with van der Waals surface area (Å²) in [5.41, 5.74) is 2.93. The Morgan fingerprint density at radius 3 is 1.69 bits per heavy atom. The molecule has 1 aliphatic rings. The highest BCUT2D eigenvalue weighted by atomic mass is 127. The molecule has 78 valence electrons. The summed E-state index contributed by atoms with van der Waals surface area (Å²) in [5.74, 6) is 0. The Hall–Kier alpha value is -1.03. The van der Waals surface area contributed by atoms with Crippen LogP contribution in [0.25, 0.3) is 16.5 Å². The number of benzene rings is 2. The van der Waals surface area contributed by atoms with E-state index in [-0.39, 0.29) is 21.2 Å². The lowest BCUT2D eigenvalue weighted by Gasteiger charge is -1.91. The second-order valence-corrected chi connectivity index (χ2v) is 6.19. The first kappa shape index (κ1) is 11.5. The molecule has 3 rings (SSSR count). The topological polar surface area (TPSA) is 22.3 Å². The SMILES string of the molecule is [N-]=C=S.c1ccc2c(c1)[I+]c1ccccc1-2. The van der Waals surface area contributed by atoms with Gasteiger partial charge in [-0.1, -0.05) is 36.5 Å². The van der Waals surface area contributed by atoms with Gasteiger partial charge in [0.15, 0.2) is 0 Å². The van der Waals surface area contributed by atoms with Crippen molar-refractivity contribution in [3.8, 4) is 11.1 Å². The van der Waals surface area contributed by atoms with Crippen molar-refractivity contribution in [3.63, 3.8) is 0 Å². The van der Waals surface area contributed by atoms with E-state index in [1.54, 1.807) is 7.14 Å². The molecule has 0 radical (unpaired) electrons. The number of nitrogens with zero attached hydrogens (tertiary/aromatic N) is 1. The number of rotatable bonds is 0. The quantitative estimate of drug-likeness (QED) is 0.332. The molecule has 0 atom stereocenters. The van der Waals surface area contributed by atoms with Crippen LogP contribution in [0.5, 0.6) is 0 Å². The average molecular weight is 337 g/mol. The van der Waals surface area contributed by atoms with Gasteiger partial charge in [-0.3, -0.25) is 0 Å². The fourth-order valence-corrected chi connectivity index (χ4v) is 4.56. The Morgan fingerprint density at radius 2 is 1.25 bits per heavy atom. The summed E-state index contributed by atoms with van der Waals surface area (Å²) in [4.78, 5) is 0. The van der Waals surface area contributed by atoms with Gasteiger partial charge in [0.25, 0.3) is 0 Å². The third-order valence-electron chi connectivity index (χ3n) is 2.24. The molecule has 2 aromatic carbocycles. The normalized spacial score (nSPS) is 10.5. The molecule has 0 amide bonds. The molecule has 0 bridgehead atoms. The summed E-state index contributed by atoms with van der Waals surface area (Å²) in [6.07, 6.45) is 0. The van der Waals surface area contributed by atoms with Crippen molar-refractivity contribution in [2.75, 3.05) is 0 Å². The molecule has 1 heterocycles. The van der Waals surface area contributed by atoms with Crippen LogP contribution in [-0.2, 0) is 0 Å². The van der Waals surface area contributed by atoms with Crippen molar-refractivity contribution >= 4 is 17.4 Å². The zero-order chi connectivity index (χ0) is 11.4. The fraction of sp³-hybridized carbons (Fsp3) is 0. The van der Waals surface area contributed by atoms with E-state index in [4.69, 9.17) is 5.41 Å². The third kappa shape index (κ3) is 2.21. The Bertz CT molecular complexity index is 502. The highest BCUT2D eigenvalue weighted by molar-refractivity contribution is 7.78. The van der Waals surface area contributed by atoms with Crippen molar-refractivity contribution in [3.05, 3.63) is 61.1 Å². The first-order valence-corrected chi connectivity index (χ1v) is 7.28. The Labute approximate surface area is 110 Å². The van der Waals surface area contributed by atoms with Crippen LogP contribution in [0.1, 0.15) is 0 Å². The van der Waals surface area contributed by atoms with E-state index in [0.717, 1.165) is 0 Å². The average Bonchev–Trinajstić information content (AvgIpc) is 2.68. The standard InChI is InChI=1S/C12H8I.CNS/c1-3-7-11-9(5-1)10-6-2-4-8-12(10)13-11;2-1-3/h1-8H;/q+1;-1. The Kier molecular flexibility index (Phi) is 3.83. The van der Waals surface area contributed by atoms with Gasteiger partial charge in [-0.25, -0.2) is 0 Å². The molecule has 3 heteroatoms. The molecule has 0 aromatic heterocycles. The minimum atomic E-state index is 0.103. The molecule has 1 nitrogen and oxygen atoms in total. The smallest absolute Gasteiger partial charge is 0.359 e. The predicted octanol–water partition coefficient (Wildman–Crippen LogP) is 0.454. The van der Waals surface area contributed by atoms with Crippen LogP contribution in [0.3, 0.4) is 0 Å². The van der Waals surface area contributed by atoms with Gasteiger partial charge in [-0.05, 0) is 24.3 Å². The van der Waals surface area contributed by atoms with Crippen molar-refractivity contribution in [2.45, 2.75) is 0 Å². The van der Waals surface area contributed by atoms with Crippen molar-refractivity contribution in [1.82, 2.24) is 0 Å². The summed E-state index contributed by atoms with van der Waals surface area (Å²) in [6.45, 7) is 0. The van der Waals surface area contributed by atoms with Crippen LogP contribution in [0.15, 0.2) is 48.5 Å². The van der Waals surface area contributed by atoms with Gasteiger partial charge < -0.3 is 5.41 Å². The van der Waals surface area contributed by atoms with Crippen LogP contribution in [0.4, 0.5) is 0 Å². The lowest BCUT2D eigenvalue weighted by Crippen LogP contribution is -3.61. The number of isothiocyanates is 1. The number of hydrogen-bond donors (Lipinski definition) is 0. The van der Waals surface area contributed by atoms with E-state index in [2.05, 4.69) is 60.7 Å². The second-order valence-electron chi connectivity index (χ2n) is 3.15. The van der Waals surface area contributed by atoms with Crippen LogP contribution in [-0.4, -0.2) is 5.16 Å². The van der Waals surface area contributed by atoms with Gasteiger partial charge >= 0.3 is 21.2 Å². The monoisotopic (exact) mass is 337 g/mol. The lowest BCUT2D eigenvalue weighted by molar-refractivity contribution is -0.589. The molecule has 1 aliphatic heterocycles. The first-order valence-electron chi connectivity index (χ1n) is 4.71. The van der Waals surface area contributed by atoms with E-state index >= 15 is 0 Å².